The number of rotatable bonds is 1. The van der Waals surface area contributed by atoms with Crippen molar-refractivity contribution < 1.29 is 4.79 Å². The zero-order chi connectivity index (χ0) is 12.6. The van der Waals surface area contributed by atoms with Gasteiger partial charge in [0.2, 0.25) is 0 Å². The van der Waals surface area contributed by atoms with Gasteiger partial charge in [-0.25, -0.2) is 0 Å². The summed E-state index contributed by atoms with van der Waals surface area (Å²) in [5.74, 6) is 0.0632. The van der Waals surface area contributed by atoms with Gasteiger partial charge >= 0.3 is 0 Å². The molecule has 18 heavy (non-hydrogen) atoms. The van der Waals surface area contributed by atoms with Crippen LogP contribution >= 0.6 is 35.3 Å². The van der Waals surface area contributed by atoms with Gasteiger partial charge in [0.25, 0.3) is 5.91 Å². The maximum absolute atomic E-state index is 12.3. The van der Waals surface area contributed by atoms with Crippen molar-refractivity contribution in [3.8, 4) is 0 Å². The Labute approximate surface area is 123 Å². The van der Waals surface area contributed by atoms with E-state index in [1.165, 1.54) is 11.3 Å². The second kappa shape index (κ2) is 6.24. The van der Waals surface area contributed by atoms with Gasteiger partial charge in [0.1, 0.15) is 4.88 Å². The first-order valence-corrected chi connectivity index (χ1v) is 7.03. The van der Waals surface area contributed by atoms with Crippen molar-refractivity contribution in [1.82, 2.24) is 10.2 Å². The molecule has 0 aliphatic carbocycles. The molecular weight excluding hydrogens is 291 g/mol. The second-order valence-electron chi connectivity index (χ2n) is 4.74. The van der Waals surface area contributed by atoms with E-state index in [1.54, 1.807) is 0 Å². The minimum atomic E-state index is 0. The Morgan fingerprint density at radius 3 is 2.44 bits per heavy atom. The first-order chi connectivity index (χ1) is 7.99. The topological polar surface area (TPSA) is 32.3 Å². The Morgan fingerprint density at radius 2 is 2.00 bits per heavy atom. The molecule has 1 N–H and O–H groups in total. The smallest absolute Gasteiger partial charge is 0.265 e. The number of carbonyl (C=O) groups is 1. The van der Waals surface area contributed by atoms with Crippen molar-refractivity contribution in [3.05, 3.63) is 20.8 Å². The number of piperazine rings is 1. The van der Waals surface area contributed by atoms with Crippen LogP contribution in [0.1, 0.15) is 29.1 Å². The molecule has 0 radical (unpaired) electrons. The average Bonchev–Trinajstić information content (AvgIpc) is 2.57. The number of nitrogens with one attached hydrogen (secondary N) is 1. The van der Waals surface area contributed by atoms with Crippen molar-refractivity contribution in [3.63, 3.8) is 0 Å². The number of thiophene rings is 1. The van der Waals surface area contributed by atoms with E-state index in [0.29, 0.717) is 22.0 Å². The fourth-order valence-electron chi connectivity index (χ4n) is 2.21. The molecule has 0 aromatic carbocycles. The Kier molecular flexibility index (Phi) is 5.46. The molecule has 0 bridgehead atoms. The number of hydrogen-bond acceptors (Lipinski definition) is 3. The van der Waals surface area contributed by atoms with Crippen molar-refractivity contribution in [2.45, 2.75) is 32.9 Å². The summed E-state index contributed by atoms with van der Waals surface area (Å²) in [6, 6.07) is 0.671. The average molecular weight is 309 g/mol. The van der Waals surface area contributed by atoms with Crippen molar-refractivity contribution in [1.29, 1.82) is 0 Å². The Morgan fingerprint density at radius 1 is 1.44 bits per heavy atom. The zero-order valence-corrected chi connectivity index (χ0v) is 13.1. The van der Waals surface area contributed by atoms with Crippen molar-refractivity contribution in [2.75, 3.05) is 13.1 Å². The van der Waals surface area contributed by atoms with Gasteiger partial charge in [-0.15, -0.1) is 23.7 Å². The number of nitrogens with zero attached hydrogens (tertiary/aromatic N) is 1. The zero-order valence-electron chi connectivity index (χ0n) is 10.7. The molecule has 1 aliphatic rings. The largest absolute Gasteiger partial charge is 0.335 e. The molecule has 2 heterocycles. The fourth-order valence-corrected chi connectivity index (χ4v) is 3.45. The molecule has 1 aromatic rings. The molecule has 1 saturated heterocycles. The molecule has 0 saturated carbocycles. The van der Waals surface area contributed by atoms with Crippen molar-refractivity contribution >= 4 is 41.3 Å². The van der Waals surface area contributed by atoms with E-state index in [0.717, 1.165) is 18.7 Å². The molecule has 1 amide bonds. The minimum Gasteiger partial charge on any atom is -0.335 e. The number of amides is 1. The summed E-state index contributed by atoms with van der Waals surface area (Å²) in [6.07, 6.45) is 0. The lowest BCUT2D eigenvalue weighted by Crippen LogP contribution is -2.55. The summed E-state index contributed by atoms with van der Waals surface area (Å²) in [5, 5.41) is 5.96. The van der Waals surface area contributed by atoms with Gasteiger partial charge in [-0.3, -0.25) is 4.79 Å². The number of halogens is 2. The molecule has 102 valence electrons. The van der Waals surface area contributed by atoms with Gasteiger partial charge in [0.05, 0.1) is 5.02 Å². The molecular formula is C12H18Cl2N2OS. The first kappa shape index (κ1) is 15.8. The fraction of sp³-hybridized carbons (Fsp3) is 0.583. The van der Waals surface area contributed by atoms with Crippen LogP contribution in [0.25, 0.3) is 0 Å². The third-order valence-corrected chi connectivity index (χ3v) is 4.62. The standard InChI is InChI=1S/C12H17ClN2OS.ClH/c1-7-6-17-11(10(7)13)12(16)15-4-8(2)14-9(3)5-15;/h6,8-9,14H,4-5H2,1-3H3;1H. The summed E-state index contributed by atoms with van der Waals surface area (Å²) in [5.41, 5.74) is 0.983. The van der Waals surface area contributed by atoms with E-state index in [1.807, 2.05) is 17.2 Å². The van der Waals surface area contributed by atoms with Gasteiger partial charge in [-0.2, -0.15) is 0 Å². The van der Waals surface area contributed by atoms with E-state index < -0.39 is 0 Å². The monoisotopic (exact) mass is 308 g/mol. The highest BCUT2D eigenvalue weighted by Gasteiger charge is 2.27. The third-order valence-electron chi connectivity index (χ3n) is 2.94. The second-order valence-corrected chi connectivity index (χ2v) is 6.00. The molecule has 1 fully saturated rings. The van der Waals surface area contributed by atoms with Crippen LogP contribution in [0, 0.1) is 6.92 Å². The highest BCUT2D eigenvalue weighted by atomic mass is 35.5. The Balaban J connectivity index is 0.00000162. The van der Waals surface area contributed by atoms with Crippen LogP contribution in [0.3, 0.4) is 0 Å². The molecule has 3 nitrogen and oxygen atoms in total. The lowest BCUT2D eigenvalue weighted by atomic mass is 10.1. The van der Waals surface area contributed by atoms with Crippen molar-refractivity contribution in [2.24, 2.45) is 0 Å². The quantitative estimate of drug-likeness (QED) is 0.865. The van der Waals surface area contributed by atoms with E-state index in [9.17, 15) is 4.79 Å². The summed E-state index contributed by atoms with van der Waals surface area (Å²) >= 11 is 7.58. The summed E-state index contributed by atoms with van der Waals surface area (Å²) in [4.78, 5) is 14.9. The Bertz CT molecular complexity index is 426. The number of aryl methyl sites for hydroxylation is 1. The van der Waals surface area contributed by atoms with Gasteiger partial charge in [-0.1, -0.05) is 11.6 Å². The predicted octanol–water partition coefficient (Wildman–Crippen LogP) is 2.95. The SMILES string of the molecule is Cc1csc(C(=O)N2CC(C)NC(C)C2)c1Cl.Cl. The van der Waals surface area contributed by atoms with Crippen LogP contribution in [0.15, 0.2) is 5.38 Å². The van der Waals surface area contributed by atoms with Gasteiger partial charge in [0.15, 0.2) is 0 Å². The highest BCUT2D eigenvalue weighted by molar-refractivity contribution is 7.13. The molecule has 2 unspecified atom stereocenters. The summed E-state index contributed by atoms with van der Waals surface area (Å²) in [6.45, 7) is 7.61. The van der Waals surface area contributed by atoms with Gasteiger partial charge in [0, 0.05) is 25.2 Å². The summed E-state index contributed by atoms with van der Waals surface area (Å²) in [7, 11) is 0. The third kappa shape index (κ3) is 3.18. The lowest BCUT2D eigenvalue weighted by Gasteiger charge is -2.36. The maximum Gasteiger partial charge on any atom is 0.265 e. The molecule has 0 spiro atoms. The number of carbonyl (C=O) groups excluding carboxylic acids is 1. The van der Waals surface area contributed by atoms with E-state index in [2.05, 4.69) is 19.2 Å². The molecule has 1 aromatic heterocycles. The van der Waals surface area contributed by atoms with Crippen LogP contribution in [0.2, 0.25) is 5.02 Å². The predicted molar refractivity (Wildman–Crippen MR) is 79.3 cm³/mol. The molecule has 6 heteroatoms. The minimum absolute atomic E-state index is 0. The summed E-state index contributed by atoms with van der Waals surface area (Å²) < 4.78 is 0. The van der Waals surface area contributed by atoms with E-state index in [4.69, 9.17) is 11.6 Å². The highest BCUT2D eigenvalue weighted by Crippen LogP contribution is 2.28. The molecule has 2 rings (SSSR count). The Hall–Kier alpha value is -0.290. The molecule has 2 atom stereocenters. The van der Waals surface area contributed by atoms with Crippen LogP contribution in [-0.4, -0.2) is 36.0 Å². The van der Waals surface area contributed by atoms with Crippen LogP contribution < -0.4 is 5.32 Å². The van der Waals surface area contributed by atoms with E-state index in [-0.39, 0.29) is 18.3 Å². The normalized spacial score (nSPS) is 23.7. The number of hydrogen-bond donors (Lipinski definition) is 1. The van der Waals surface area contributed by atoms with Crippen LogP contribution in [0.4, 0.5) is 0 Å². The first-order valence-electron chi connectivity index (χ1n) is 5.78. The van der Waals surface area contributed by atoms with E-state index >= 15 is 0 Å². The van der Waals surface area contributed by atoms with Crippen LogP contribution in [-0.2, 0) is 0 Å². The lowest BCUT2D eigenvalue weighted by molar-refractivity contribution is 0.0679. The van der Waals surface area contributed by atoms with Gasteiger partial charge < -0.3 is 10.2 Å². The maximum atomic E-state index is 12.3. The van der Waals surface area contributed by atoms with Crippen LogP contribution in [0.5, 0.6) is 0 Å². The molecule has 1 aliphatic heterocycles. The van der Waals surface area contributed by atoms with Gasteiger partial charge in [-0.05, 0) is 31.7 Å².